The van der Waals surface area contributed by atoms with Gasteiger partial charge in [0, 0.05) is 6.04 Å². The Morgan fingerprint density at radius 3 is 2.73 bits per heavy atom. The third-order valence-electron chi connectivity index (χ3n) is 2.47. The fraction of sp³-hybridized carbons (Fsp3) is 0.500. The maximum absolute atomic E-state index is 13.4. The van der Waals surface area contributed by atoms with Gasteiger partial charge in [0.15, 0.2) is 11.6 Å². The molecule has 84 valence electrons. The van der Waals surface area contributed by atoms with Crippen LogP contribution < -0.4 is 10.5 Å². The average Bonchev–Trinajstić information content (AvgIpc) is 2.25. The smallest absolute Gasteiger partial charge is 0.165 e. The highest BCUT2D eigenvalue weighted by Gasteiger charge is 2.09. The summed E-state index contributed by atoms with van der Waals surface area (Å²) in [6.45, 7) is 2.11. The Morgan fingerprint density at radius 1 is 1.47 bits per heavy atom. The van der Waals surface area contributed by atoms with Crippen molar-refractivity contribution in [2.45, 2.75) is 32.2 Å². The summed E-state index contributed by atoms with van der Waals surface area (Å²) < 4.78 is 18.2. The first-order chi connectivity index (χ1) is 7.19. The largest absolute Gasteiger partial charge is 0.494 e. The van der Waals surface area contributed by atoms with E-state index in [4.69, 9.17) is 10.5 Å². The standard InChI is InChI=1S/C12H18FNO/c1-3-4-5-11(14)9-6-7-12(15-2)10(13)8-9/h6-8,11H,3-5,14H2,1-2H3. The molecule has 0 aliphatic heterocycles. The topological polar surface area (TPSA) is 35.2 Å². The van der Waals surface area contributed by atoms with Gasteiger partial charge in [-0.05, 0) is 24.1 Å². The quantitative estimate of drug-likeness (QED) is 0.812. The zero-order valence-corrected chi connectivity index (χ0v) is 9.29. The second kappa shape index (κ2) is 5.71. The molecular formula is C12H18FNO. The molecule has 1 aromatic carbocycles. The highest BCUT2D eigenvalue weighted by atomic mass is 19.1. The average molecular weight is 211 g/mol. The normalized spacial score (nSPS) is 12.5. The number of halogens is 1. The molecule has 15 heavy (non-hydrogen) atoms. The minimum absolute atomic E-state index is 0.0784. The van der Waals surface area contributed by atoms with Crippen LogP contribution in [0.15, 0.2) is 18.2 Å². The molecule has 1 atom stereocenters. The number of ether oxygens (including phenoxy) is 1. The summed E-state index contributed by atoms with van der Waals surface area (Å²) in [5.74, 6) is -0.0802. The van der Waals surface area contributed by atoms with E-state index in [1.165, 1.54) is 13.2 Å². The molecule has 0 spiro atoms. The van der Waals surface area contributed by atoms with Gasteiger partial charge in [0.05, 0.1) is 7.11 Å². The van der Waals surface area contributed by atoms with E-state index in [0.29, 0.717) is 0 Å². The molecule has 0 heterocycles. The van der Waals surface area contributed by atoms with Gasteiger partial charge in [-0.15, -0.1) is 0 Å². The molecule has 0 bridgehead atoms. The number of rotatable bonds is 5. The lowest BCUT2D eigenvalue weighted by Crippen LogP contribution is -2.10. The first-order valence-corrected chi connectivity index (χ1v) is 5.28. The van der Waals surface area contributed by atoms with E-state index >= 15 is 0 Å². The van der Waals surface area contributed by atoms with Gasteiger partial charge in [-0.25, -0.2) is 4.39 Å². The van der Waals surface area contributed by atoms with E-state index in [2.05, 4.69) is 6.92 Å². The molecule has 2 N–H and O–H groups in total. The van der Waals surface area contributed by atoms with Crippen molar-refractivity contribution in [3.63, 3.8) is 0 Å². The molecule has 0 amide bonds. The van der Waals surface area contributed by atoms with Gasteiger partial charge in [0.1, 0.15) is 0 Å². The summed E-state index contributed by atoms with van der Waals surface area (Å²) in [6, 6.07) is 4.82. The fourth-order valence-electron chi connectivity index (χ4n) is 1.50. The van der Waals surface area contributed by atoms with Crippen molar-refractivity contribution in [3.05, 3.63) is 29.6 Å². The highest BCUT2D eigenvalue weighted by molar-refractivity contribution is 5.30. The molecule has 0 aliphatic rings. The summed E-state index contributed by atoms with van der Waals surface area (Å²) in [5, 5.41) is 0. The number of benzene rings is 1. The Kier molecular flexibility index (Phi) is 4.56. The van der Waals surface area contributed by atoms with Gasteiger partial charge in [0.25, 0.3) is 0 Å². The van der Waals surface area contributed by atoms with Crippen LogP contribution in [0.2, 0.25) is 0 Å². The van der Waals surface area contributed by atoms with E-state index in [1.807, 2.05) is 6.07 Å². The summed E-state index contributed by atoms with van der Waals surface area (Å²) in [7, 11) is 1.45. The van der Waals surface area contributed by atoms with Gasteiger partial charge in [0.2, 0.25) is 0 Å². The monoisotopic (exact) mass is 211 g/mol. The molecule has 1 rings (SSSR count). The lowest BCUT2D eigenvalue weighted by Gasteiger charge is -2.12. The van der Waals surface area contributed by atoms with E-state index < -0.39 is 0 Å². The van der Waals surface area contributed by atoms with Gasteiger partial charge in [-0.1, -0.05) is 25.8 Å². The second-order valence-electron chi connectivity index (χ2n) is 3.64. The van der Waals surface area contributed by atoms with Gasteiger partial charge >= 0.3 is 0 Å². The Bertz CT molecular complexity index is 314. The number of hydrogen-bond acceptors (Lipinski definition) is 2. The highest BCUT2D eigenvalue weighted by Crippen LogP contribution is 2.23. The molecular weight excluding hydrogens is 193 g/mol. The molecule has 0 aromatic heterocycles. The third-order valence-corrected chi connectivity index (χ3v) is 2.47. The van der Waals surface area contributed by atoms with Crippen molar-refractivity contribution in [3.8, 4) is 5.75 Å². The lowest BCUT2D eigenvalue weighted by atomic mass is 10.0. The predicted octanol–water partition coefficient (Wildman–Crippen LogP) is 3.02. The van der Waals surface area contributed by atoms with Crippen LogP contribution in [0.3, 0.4) is 0 Å². The first-order valence-electron chi connectivity index (χ1n) is 5.28. The summed E-state index contributed by atoms with van der Waals surface area (Å²) in [5.41, 5.74) is 6.77. The van der Waals surface area contributed by atoms with Gasteiger partial charge in [-0.3, -0.25) is 0 Å². The predicted molar refractivity (Wildman–Crippen MR) is 59.4 cm³/mol. The van der Waals surface area contributed by atoms with Gasteiger partial charge in [-0.2, -0.15) is 0 Å². The van der Waals surface area contributed by atoms with Crippen molar-refractivity contribution in [1.82, 2.24) is 0 Å². The Hall–Kier alpha value is -1.09. The van der Waals surface area contributed by atoms with Crippen molar-refractivity contribution >= 4 is 0 Å². The van der Waals surface area contributed by atoms with Crippen LogP contribution in [0.25, 0.3) is 0 Å². The van der Waals surface area contributed by atoms with Gasteiger partial charge < -0.3 is 10.5 Å². The van der Waals surface area contributed by atoms with E-state index in [-0.39, 0.29) is 17.6 Å². The SMILES string of the molecule is CCCCC(N)c1ccc(OC)c(F)c1. The van der Waals surface area contributed by atoms with Crippen LogP contribution in [0, 0.1) is 5.82 Å². The third kappa shape index (κ3) is 3.20. The summed E-state index contributed by atoms with van der Waals surface area (Å²) in [4.78, 5) is 0. The summed E-state index contributed by atoms with van der Waals surface area (Å²) >= 11 is 0. The zero-order chi connectivity index (χ0) is 11.3. The molecule has 0 aliphatic carbocycles. The molecule has 0 saturated carbocycles. The Morgan fingerprint density at radius 2 is 2.20 bits per heavy atom. The van der Waals surface area contributed by atoms with Crippen molar-refractivity contribution in [2.24, 2.45) is 5.73 Å². The Balaban J connectivity index is 2.73. The number of hydrogen-bond donors (Lipinski definition) is 1. The molecule has 0 fully saturated rings. The first kappa shape index (κ1) is 12.0. The Labute approximate surface area is 90.2 Å². The maximum Gasteiger partial charge on any atom is 0.165 e. The van der Waals surface area contributed by atoms with Crippen LogP contribution in [-0.4, -0.2) is 7.11 Å². The lowest BCUT2D eigenvalue weighted by molar-refractivity contribution is 0.385. The molecule has 0 saturated heterocycles. The van der Waals surface area contributed by atoms with Crippen molar-refractivity contribution in [1.29, 1.82) is 0 Å². The summed E-state index contributed by atoms with van der Waals surface area (Å²) in [6.07, 6.45) is 3.06. The van der Waals surface area contributed by atoms with E-state index in [1.54, 1.807) is 6.07 Å². The van der Waals surface area contributed by atoms with Crippen LogP contribution in [-0.2, 0) is 0 Å². The molecule has 0 radical (unpaired) electrons. The number of methoxy groups -OCH3 is 1. The molecule has 1 unspecified atom stereocenters. The second-order valence-corrected chi connectivity index (χ2v) is 3.64. The van der Waals surface area contributed by atoms with Crippen LogP contribution in [0.1, 0.15) is 37.8 Å². The van der Waals surface area contributed by atoms with E-state index in [9.17, 15) is 4.39 Å². The molecule has 2 nitrogen and oxygen atoms in total. The van der Waals surface area contributed by atoms with Crippen molar-refractivity contribution < 1.29 is 9.13 Å². The minimum atomic E-state index is -0.345. The number of nitrogens with two attached hydrogens (primary N) is 1. The van der Waals surface area contributed by atoms with E-state index in [0.717, 1.165) is 24.8 Å². The van der Waals surface area contributed by atoms with Crippen LogP contribution >= 0.6 is 0 Å². The van der Waals surface area contributed by atoms with Crippen LogP contribution in [0.4, 0.5) is 4.39 Å². The zero-order valence-electron chi connectivity index (χ0n) is 9.29. The number of unbranched alkanes of at least 4 members (excludes halogenated alkanes) is 1. The molecule has 1 aromatic rings. The fourth-order valence-corrected chi connectivity index (χ4v) is 1.50. The maximum atomic E-state index is 13.4. The van der Waals surface area contributed by atoms with Crippen LogP contribution in [0.5, 0.6) is 5.75 Å². The van der Waals surface area contributed by atoms with Crippen molar-refractivity contribution in [2.75, 3.05) is 7.11 Å². The molecule has 3 heteroatoms. The minimum Gasteiger partial charge on any atom is -0.494 e.